The predicted octanol–water partition coefficient (Wildman–Crippen LogP) is 24.1. The first-order valence-electron chi connectivity index (χ1n) is 31.0. The summed E-state index contributed by atoms with van der Waals surface area (Å²) in [5.41, 5.74) is 24.2. The topological polar surface area (TPSA) is 3.24 Å². The van der Waals surface area contributed by atoms with E-state index in [1.807, 2.05) is 0 Å². The number of allylic oxidation sites excluding steroid dienone is 6. The minimum atomic E-state index is 1.07. The van der Waals surface area contributed by atoms with Crippen molar-refractivity contribution in [2.75, 3.05) is 4.90 Å². The first kappa shape index (κ1) is 59.4. The zero-order chi connectivity index (χ0) is 61.5. The van der Waals surface area contributed by atoms with Gasteiger partial charge in [0.25, 0.3) is 0 Å². The van der Waals surface area contributed by atoms with Gasteiger partial charge in [0.2, 0.25) is 0 Å². The van der Waals surface area contributed by atoms with Gasteiger partial charge in [-0.3, -0.25) is 0 Å². The molecule has 0 fully saturated rings. The van der Waals surface area contributed by atoms with Crippen LogP contribution in [0.25, 0.3) is 71.4 Å². The molecule has 0 aliphatic heterocycles. The number of benzene rings is 12. The van der Waals surface area contributed by atoms with Crippen LogP contribution in [0.4, 0.5) is 17.1 Å². The molecular weight excluding hydrogens is 1090 g/mol. The lowest BCUT2D eigenvalue weighted by atomic mass is 9.97. The zero-order valence-corrected chi connectivity index (χ0v) is 50.8. The molecule has 0 atom stereocenters. The van der Waals surface area contributed by atoms with Crippen molar-refractivity contribution in [1.29, 1.82) is 0 Å². The molecule has 0 aliphatic rings. The molecule has 434 valence electrons. The van der Waals surface area contributed by atoms with Crippen molar-refractivity contribution < 1.29 is 0 Å². The molecule has 0 bridgehead atoms. The molecule has 1 nitrogen and oxygen atoms in total. The molecule has 0 aliphatic carbocycles. The Morgan fingerprint density at radius 2 is 0.319 bits per heavy atom. The van der Waals surface area contributed by atoms with E-state index in [0.717, 1.165) is 67.1 Å². The molecule has 0 N–H and O–H groups in total. The summed E-state index contributed by atoms with van der Waals surface area (Å²) in [7, 11) is 0. The highest BCUT2D eigenvalue weighted by atomic mass is 15.1. The van der Waals surface area contributed by atoms with E-state index in [1.54, 1.807) is 0 Å². The minimum absolute atomic E-state index is 1.07. The summed E-state index contributed by atoms with van der Waals surface area (Å²) in [6.07, 6.45) is 32.6. The lowest BCUT2D eigenvalue weighted by molar-refractivity contribution is 1.28. The van der Waals surface area contributed by atoms with Crippen LogP contribution in [0.5, 0.6) is 0 Å². The second-order valence-electron chi connectivity index (χ2n) is 22.1. The van der Waals surface area contributed by atoms with Crippen LogP contribution in [0.1, 0.15) is 83.5 Å². The Hall–Kier alpha value is -11.9. The predicted molar refractivity (Wildman–Crippen MR) is 394 cm³/mol. The van der Waals surface area contributed by atoms with E-state index < -0.39 is 0 Å². The van der Waals surface area contributed by atoms with Crippen LogP contribution in [-0.2, 0) is 0 Å². The van der Waals surface area contributed by atoms with Gasteiger partial charge in [-0.1, -0.05) is 382 Å². The molecule has 0 saturated carbocycles. The van der Waals surface area contributed by atoms with Crippen molar-refractivity contribution in [2.45, 2.75) is 0 Å². The van der Waals surface area contributed by atoms with Crippen molar-refractivity contribution in [3.8, 4) is 0 Å². The van der Waals surface area contributed by atoms with E-state index in [-0.39, 0.29) is 0 Å². The lowest BCUT2D eigenvalue weighted by Crippen LogP contribution is -2.09. The summed E-state index contributed by atoms with van der Waals surface area (Å²) in [4.78, 5) is 2.33. The molecule has 12 rings (SSSR count). The van der Waals surface area contributed by atoms with Crippen LogP contribution in [0.15, 0.2) is 364 Å². The standard InChI is InChI=1S/C90H69N/c1-7-25-79(26-8-1)88(80-27-9-2-10-28-80)37-19-22-70-40-46-73(47-41-70)52-55-76-58-64-85(65-59-76)91(86-66-60-77(61-67-86)56-53-74-48-42-71(43-49-74)23-20-38-89(81-29-11-3-12-30-81)82-31-13-4-14-32-82)87-68-62-78(63-69-87)57-54-75-50-44-72(45-51-75)24-21-39-90(83-33-15-5-16-34-83)84-35-17-6-18-36-84/h1-69H. The van der Waals surface area contributed by atoms with Gasteiger partial charge in [-0.25, -0.2) is 0 Å². The Labute approximate surface area is 537 Å². The van der Waals surface area contributed by atoms with Crippen LogP contribution in [0.2, 0.25) is 0 Å². The summed E-state index contributed by atoms with van der Waals surface area (Å²) in [6.45, 7) is 0. The number of rotatable bonds is 21. The normalized spacial score (nSPS) is 11.5. The highest BCUT2D eigenvalue weighted by Gasteiger charge is 2.13. The van der Waals surface area contributed by atoms with Crippen molar-refractivity contribution in [3.63, 3.8) is 0 Å². The van der Waals surface area contributed by atoms with E-state index >= 15 is 0 Å². The fourth-order valence-electron chi connectivity index (χ4n) is 10.9. The summed E-state index contributed by atoms with van der Waals surface area (Å²) < 4.78 is 0. The zero-order valence-electron chi connectivity index (χ0n) is 50.8. The first-order valence-corrected chi connectivity index (χ1v) is 31.0. The van der Waals surface area contributed by atoms with E-state index in [0.29, 0.717) is 0 Å². The Morgan fingerprint density at radius 1 is 0.165 bits per heavy atom. The van der Waals surface area contributed by atoms with Crippen molar-refractivity contribution >= 4 is 88.5 Å². The third kappa shape index (κ3) is 16.6. The Balaban J connectivity index is 0.741. The molecule has 0 amide bonds. The number of hydrogen-bond donors (Lipinski definition) is 0. The van der Waals surface area contributed by atoms with Gasteiger partial charge in [-0.2, -0.15) is 0 Å². The number of nitrogens with zero attached hydrogens (tertiary/aromatic N) is 1. The molecule has 0 spiro atoms. The van der Waals surface area contributed by atoms with Gasteiger partial charge in [0.05, 0.1) is 0 Å². The third-order valence-electron chi connectivity index (χ3n) is 15.8. The Bertz CT molecular complexity index is 3930. The van der Waals surface area contributed by atoms with Crippen LogP contribution >= 0.6 is 0 Å². The second-order valence-corrected chi connectivity index (χ2v) is 22.1. The maximum absolute atomic E-state index is 2.33. The minimum Gasteiger partial charge on any atom is -0.311 e. The van der Waals surface area contributed by atoms with Crippen LogP contribution in [0, 0.1) is 0 Å². The molecule has 12 aromatic carbocycles. The fourth-order valence-corrected chi connectivity index (χ4v) is 10.9. The van der Waals surface area contributed by atoms with Gasteiger partial charge in [-0.15, -0.1) is 0 Å². The van der Waals surface area contributed by atoms with Crippen LogP contribution in [0.3, 0.4) is 0 Å². The van der Waals surface area contributed by atoms with E-state index in [1.165, 1.54) is 50.1 Å². The summed E-state index contributed by atoms with van der Waals surface area (Å²) >= 11 is 0. The van der Waals surface area contributed by atoms with Crippen molar-refractivity contribution in [2.24, 2.45) is 0 Å². The monoisotopic (exact) mass is 1160 g/mol. The Morgan fingerprint density at radius 3 is 0.495 bits per heavy atom. The highest BCUT2D eigenvalue weighted by Crippen LogP contribution is 2.36. The third-order valence-corrected chi connectivity index (χ3v) is 15.8. The van der Waals surface area contributed by atoms with Crippen molar-refractivity contribution in [3.05, 3.63) is 447 Å². The van der Waals surface area contributed by atoms with Gasteiger partial charge < -0.3 is 4.90 Å². The fraction of sp³-hybridized carbons (Fsp3) is 0. The molecule has 0 radical (unpaired) electrons. The first-order chi connectivity index (χ1) is 45.1. The van der Waals surface area contributed by atoms with Crippen LogP contribution < -0.4 is 4.90 Å². The van der Waals surface area contributed by atoms with Gasteiger partial charge in [0, 0.05) is 17.1 Å². The average molecular weight is 1160 g/mol. The highest BCUT2D eigenvalue weighted by molar-refractivity contribution is 5.85. The Kier molecular flexibility index (Phi) is 20.0. The smallest absolute Gasteiger partial charge is 0.0462 e. The van der Waals surface area contributed by atoms with E-state index in [2.05, 4.69) is 424 Å². The van der Waals surface area contributed by atoms with Gasteiger partial charge in [-0.05, 0) is 137 Å². The summed E-state index contributed by atoms with van der Waals surface area (Å²) in [5.74, 6) is 0. The second kappa shape index (κ2) is 30.6. The quantitative estimate of drug-likeness (QED) is 0.0512. The molecule has 0 saturated heterocycles. The van der Waals surface area contributed by atoms with Gasteiger partial charge in [0.15, 0.2) is 0 Å². The molecule has 0 unspecified atom stereocenters. The van der Waals surface area contributed by atoms with Gasteiger partial charge in [0.1, 0.15) is 0 Å². The molecule has 91 heavy (non-hydrogen) atoms. The van der Waals surface area contributed by atoms with Gasteiger partial charge >= 0.3 is 0 Å². The van der Waals surface area contributed by atoms with E-state index in [9.17, 15) is 0 Å². The lowest BCUT2D eigenvalue weighted by Gasteiger charge is -2.26. The molecule has 1 heteroatoms. The molecule has 0 aromatic heterocycles. The molecular formula is C90H69N. The number of hydrogen-bond acceptors (Lipinski definition) is 1. The molecule has 12 aromatic rings. The number of anilines is 3. The van der Waals surface area contributed by atoms with E-state index in [4.69, 9.17) is 0 Å². The molecule has 0 heterocycles. The van der Waals surface area contributed by atoms with Crippen molar-refractivity contribution in [1.82, 2.24) is 0 Å². The largest absolute Gasteiger partial charge is 0.311 e. The van der Waals surface area contributed by atoms with Crippen LogP contribution in [-0.4, -0.2) is 0 Å². The average Bonchev–Trinajstić information content (AvgIpc) is 2.59. The maximum atomic E-state index is 2.33. The summed E-state index contributed by atoms with van der Waals surface area (Å²) in [5, 5.41) is 0. The maximum Gasteiger partial charge on any atom is 0.0462 e. The summed E-state index contributed by atoms with van der Waals surface area (Å²) in [6, 6.07) is 116. The SMILES string of the molecule is C(=Cc1ccc(C=Cc2ccc(N(c3ccc(C=Cc4ccc(C=CC=C(c5ccccc5)c5ccccc5)cc4)cc3)c3ccc(C=Cc4ccc(C=CC=C(c5ccccc5)c5ccccc5)cc4)cc3)cc2)cc1)C=C(c1ccccc1)c1ccccc1.